The van der Waals surface area contributed by atoms with Crippen LogP contribution in [0.2, 0.25) is 0 Å². The molecular weight excluding hydrogens is 260 g/mol. The molecule has 2 aromatic carbocycles. The van der Waals surface area contributed by atoms with Crippen LogP contribution in [0.1, 0.15) is 11.1 Å². The molecule has 0 unspecified atom stereocenters. The van der Waals surface area contributed by atoms with Gasteiger partial charge in [-0.3, -0.25) is 0 Å². The molecular formula is C14H16N2O2S. The molecule has 2 aromatic rings. The monoisotopic (exact) mass is 276 g/mol. The van der Waals surface area contributed by atoms with E-state index in [2.05, 4.69) is 5.32 Å². The number of rotatable bonds is 4. The number of nitrogens with one attached hydrogen (secondary N) is 1. The second kappa shape index (κ2) is 5.42. The molecule has 0 amide bonds. The third-order valence-electron chi connectivity index (χ3n) is 2.92. The van der Waals surface area contributed by atoms with Gasteiger partial charge in [-0.25, -0.2) is 13.6 Å². The van der Waals surface area contributed by atoms with Crippen molar-refractivity contribution in [2.75, 3.05) is 5.32 Å². The highest BCUT2D eigenvalue weighted by Gasteiger charge is 2.12. The Morgan fingerprint density at radius 2 is 1.68 bits per heavy atom. The lowest BCUT2D eigenvalue weighted by atomic mass is 10.1. The van der Waals surface area contributed by atoms with E-state index in [1.54, 1.807) is 18.2 Å². The molecule has 19 heavy (non-hydrogen) atoms. The van der Waals surface area contributed by atoms with E-state index in [1.165, 1.54) is 6.07 Å². The van der Waals surface area contributed by atoms with Gasteiger partial charge in [-0.1, -0.05) is 36.4 Å². The lowest BCUT2D eigenvalue weighted by Gasteiger charge is -2.11. The SMILES string of the molecule is Cc1ccccc1CNc1ccccc1S(N)(=O)=O. The molecule has 0 saturated heterocycles. The van der Waals surface area contributed by atoms with E-state index in [4.69, 9.17) is 5.14 Å². The van der Waals surface area contributed by atoms with Crippen molar-refractivity contribution in [2.24, 2.45) is 5.14 Å². The van der Waals surface area contributed by atoms with Gasteiger partial charge in [0.1, 0.15) is 4.90 Å². The Morgan fingerprint density at radius 3 is 2.37 bits per heavy atom. The number of benzene rings is 2. The number of anilines is 1. The summed E-state index contributed by atoms with van der Waals surface area (Å²) in [5.41, 5.74) is 2.79. The van der Waals surface area contributed by atoms with Crippen molar-refractivity contribution in [3.05, 3.63) is 59.7 Å². The van der Waals surface area contributed by atoms with Crippen molar-refractivity contribution in [3.8, 4) is 0 Å². The average molecular weight is 276 g/mol. The highest BCUT2D eigenvalue weighted by molar-refractivity contribution is 7.89. The molecule has 0 bridgehead atoms. The van der Waals surface area contributed by atoms with E-state index in [1.807, 2.05) is 31.2 Å². The van der Waals surface area contributed by atoms with Crippen molar-refractivity contribution in [3.63, 3.8) is 0 Å². The van der Waals surface area contributed by atoms with Crippen LogP contribution in [0, 0.1) is 6.92 Å². The molecule has 0 aromatic heterocycles. The highest BCUT2D eigenvalue weighted by atomic mass is 32.2. The van der Waals surface area contributed by atoms with Crippen LogP contribution in [0.5, 0.6) is 0 Å². The average Bonchev–Trinajstić information content (AvgIpc) is 2.37. The van der Waals surface area contributed by atoms with Crippen molar-refractivity contribution < 1.29 is 8.42 Å². The Balaban J connectivity index is 2.24. The van der Waals surface area contributed by atoms with Crippen LogP contribution in [-0.2, 0) is 16.6 Å². The van der Waals surface area contributed by atoms with Crippen molar-refractivity contribution in [1.29, 1.82) is 0 Å². The summed E-state index contributed by atoms with van der Waals surface area (Å²) in [6, 6.07) is 14.6. The first-order valence-electron chi connectivity index (χ1n) is 5.88. The maximum Gasteiger partial charge on any atom is 0.240 e. The second-order valence-electron chi connectivity index (χ2n) is 4.32. The summed E-state index contributed by atoms with van der Waals surface area (Å²) in [5.74, 6) is 0. The van der Waals surface area contributed by atoms with Crippen LogP contribution >= 0.6 is 0 Å². The quantitative estimate of drug-likeness (QED) is 0.899. The predicted octanol–water partition coefficient (Wildman–Crippen LogP) is 2.25. The van der Waals surface area contributed by atoms with Gasteiger partial charge in [0.2, 0.25) is 10.0 Å². The minimum absolute atomic E-state index is 0.114. The molecule has 0 aliphatic rings. The lowest BCUT2D eigenvalue weighted by Crippen LogP contribution is -2.15. The highest BCUT2D eigenvalue weighted by Crippen LogP contribution is 2.20. The first-order valence-corrected chi connectivity index (χ1v) is 7.43. The summed E-state index contributed by atoms with van der Waals surface area (Å²) in [5, 5.41) is 8.31. The summed E-state index contributed by atoms with van der Waals surface area (Å²) in [4.78, 5) is 0.114. The van der Waals surface area contributed by atoms with Gasteiger partial charge in [-0.15, -0.1) is 0 Å². The Hall–Kier alpha value is -1.85. The normalized spacial score (nSPS) is 11.3. The number of hydrogen-bond acceptors (Lipinski definition) is 3. The zero-order chi connectivity index (χ0) is 13.9. The van der Waals surface area contributed by atoms with Gasteiger partial charge in [0.05, 0.1) is 5.69 Å². The Bertz CT molecular complexity index is 681. The molecule has 3 N–H and O–H groups in total. The van der Waals surface area contributed by atoms with Gasteiger partial charge in [-0.05, 0) is 30.2 Å². The van der Waals surface area contributed by atoms with E-state index >= 15 is 0 Å². The molecule has 0 spiro atoms. The number of primary sulfonamides is 1. The van der Waals surface area contributed by atoms with Crippen LogP contribution in [0.4, 0.5) is 5.69 Å². The number of aryl methyl sites for hydroxylation is 1. The summed E-state index contributed by atoms with van der Waals surface area (Å²) in [6.45, 7) is 2.57. The Kier molecular flexibility index (Phi) is 3.87. The number of sulfonamides is 1. The minimum Gasteiger partial charge on any atom is -0.380 e. The van der Waals surface area contributed by atoms with E-state index in [9.17, 15) is 8.42 Å². The second-order valence-corrected chi connectivity index (χ2v) is 5.85. The molecule has 0 heterocycles. The first kappa shape index (κ1) is 13.6. The fraction of sp³-hybridized carbons (Fsp3) is 0.143. The molecule has 0 fully saturated rings. The number of hydrogen-bond donors (Lipinski definition) is 2. The van der Waals surface area contributed by atoms with Crippen LogP contribution in [0.3, 0.4) is 0 Å². The van der Waals surface area contributed by atoms with Gasteiger partial charge < -0.3 is 5.32 Å². The molecule has 0 aliphatic heterocycles. The van der Waals surface area contributed by atoms with Crippen molar-refractivity contribution >= 4 is 15.7 Å². The van der Waals surface area contributed by atoms with Gasteiger partial charge >= 0.3 is 0 Å². The zero-order valence-corrected chi connectivity index (χ0v) is 11.4. The minimum atomic E-state index is -3.71. The maximum absolute atomic E-state index is 11.5. The van der Waals surface area contributed by atoms with E-state index in [0.29, 0.717) is 12.2 Å². The summed E-state index contributed by atoms with van der Waals surface area (Å²) >= 11 is 0. The van der Waals surface area contributed by atoms with E-state index in [0.717, 1.165) is 11.1 Å². The fourth-order valence-electron chi connectivity index (χ4n) is 1.86. The van der Waals surface area contributed by atoms with E-state index < -0.39 is 10.0 Å². The van der Waals surface area contributed by atoms with Gasteiger partial charge in [0.25, 0.3) is 0 Å². The maximum atomic E-state index is 11.5. The van der Waals surface area contributed by atoms with Crippen LogP contribution in [-0.4, -0.2) is 8.42 Å². The van der Waals surface area contributed by atoms with Crippen LogP contribution in [0.15, 0.2) is 53.4 Å². The topological polar surface area (TPSA) is 72.2 Å². The van der Waals surface area contributed by atoms with Gasteiger partial charge in [-0.2, -0.15) is 0 Å². The fourth-order valence-corrected chi connectivity index (χ4v) is 2.57. The van der Waals surface area contributed by atoms with Crippen LogP contribution < -0.4 is 10.5 Å². The molecule has 100 valence electrons. The summed E-state index contributed by atoms with van der Waals surface area (Å²) in [7, 11) is -3.71. The van der Waals surface area contributed by atoms with Crippen molar-refractivity contribution in [1.82, 2.24) is 0 Å². The third-order valence-corrected chi connectivity index (χ3v) is 3.89. The zero-order valence-electron chi connectivity index (χ0n) is 10.6. The van der Waals surface area contributed by atoms with E-state index in [-0.39, 0.29) is 4.90 Å². The summed E-state index contributed by atoms with van der Waals surface area (Å²) < 4.78 is 22.9. The molecule has 0 atom stereocenters. The van der Waals surface area contributed by atoms with Crippen molar-refractivity contribution in [2.45, 2.75) is 18.4 Å². The lowest BCUT2D eigenvalue weighted by molar-refractivity contribution is 0.598. The first-order chi connectivity index (χ1) is 8.98. The summed E-state index contributed by atoms with van der Waals surface area (Å²) in [6.07, 6.45) is 0. The number of nitrogens with two attached hydrogens (primary N) is 1. The Labute approximate surface area is 113 Å². The largest absolute Gasteiger partial charge is 0.380 e. The molecule has 0 aliphatic carbocycles. The van der Waals surface area contributed by atoms with Gasteiger partial charge in [0, 0.05) is 6.54 Å². The molecule has 0 saturated carbocycles. The van der Waals surface area contributed by atoms with Gasteiger partial charge in [0.15, 0.2) is 0 Å². The molecule has 4 nitrogen and oxygen atoms in total. The smallest absolute Gasteiger partial charge is 0.240 e. The molecule has 0 radical (unpaired) electrons. The molecule has 5 heteroatoms. The van der Waals surface area contributed by atoms with Crippen LogP contribution in [0.25, 0.3) is 0 Å². The number of para-hydroxylation sites is 1. The standard InChI is InChI=1S/C14H16N2O2S/c1-11-6-2-3-7-12(11)10-16-13-8-4-5-9-14(13)19(15,17)18/h2-9,16H,10H2,1H3,(H2,15,17,18). The third kappa shape index (κ3) is 3.33. The molecule has 2 rings (SSSR count). The Morgan fingerprint density at radius 1 is 1.05 bits per heavy atom. The predicted molar refractivity (Wildman–Crippen MR) is 76.3 cm³/mol.